The topological polar surface area (TPSA) is 29.5 Å². The number of piperidine rings is 1. The average molecular weight is 351 g/mol. The summed E-state index contributed by atoms with van der Waals surface area (Å²) in [5, 5.41) is 0. The molecule has 0 unspecified atom stereocenters. The van der Waals surface area contributed by atoms with Crippen LogP contribution in [-0.4, -0.2) is 29.7 Å². The van der Waals surface area contributed by atoms with Crippen LogP contribution in [-0.2, 0) is 4.74 Å². The molecule has 0 spiro atoms. The van der Waals surface area contributed by atoms with Gasteiger partial charge in [0.25, 0.3) is 0 Å². The number of hydrogen-bond acceptors (Lipinski definition) is 2. The smallest absolute Gasteiger partial charge is 0.410 e. The maximum atomic E-state index is 12.3. The van der Waals surface area contributed by atoms with Crippen molar-refractivity contribution in [1.29, 1.82) is 0 Å². The Morgan fingerprint density at radius 2 is 1.54 bits per heavy atom. The predicted molar refractivity (Wildman–Crippen MR) is 106 cm³/mol. The van der Waals surface area contributed by atoms with Crippen LogP contribution in [0.4, 0.5) is 4.79 Å². The van der Waals surface area contributed by atoms with Crippen LogP contribution in [0.5, 0.6) is 0 Å². The number of benzene rings is 2. The highest BCUT2D eigenvalue weighted by atomic mass is 16.6. The molecule has 0 N–H and O–H groups in total. The Hall–Kier alpha value is -2.29. The number of ether oxygens (including phenoxy) is 1. The minimum Gasteiger partial charge on any atom is -0.444 e. The molecule has 3 rings (SSSR count). The van der Waals surface area contributed by atoms with Crippen molar-refractivity contribution in [2.75, 3.05) is 13.1 Å². The third kappa shape index (κ3) is 4.27. The van der Waals surface area contributed by atoms with E-state index in [0.717, 1.165) is 25.9 Å². The molecule has 1 fully saturated rings. The van der Waals surface area contributed by atoms with Crippen molar-refractivity contribution < 1.29 is 9.53 Å². The summed E-state index contributed by atoms with van der Waals surface area (Å²) in [7, 11) is 0. The van der Waals surface area contributed by atoms with E-state index in [1.807, 2.05) is 25.7 Å². The fourth-order valence-corrected chi connectivity index (χ4v) is 3.67. The lowest BCUT2D eigenvalue weighted by molar-refractivity contribution is 0.0205. The zero-order chi connectivity index (χ0) is 18.7. The summed E-state index contributed by atoms with van der Waals surface area (Å²) in [6.45, 7) is 9.41. The highest BCUT2D eigenvalue weighted by Crippen LogP contribution is 2.36. The molecule has 26 heavy (non-hydrogen) atoms. The molecule has 3 heteroatoms. The number of carbonyl (C=O) groups excluding carboxylic acids is 1. The van der Waals surface area contributed by atoms with Gasteiger partial charge < -0.3 is 9.64 Å². The molecule has 138 valence electrons. The first kappa shape index (κ1) is 18.5. The van der Waals surface area contributed by atoms with E-state index in [9.17, 15) is 4.79 Å². The van der Waals surface area contributed by atoms with Crippen LogP contribution < -0.4 is 0 Å². The average Bonchev–Trinajstić information content (AvgIpc) is 2.61. The molecule has 1 heterocycles. The van der Waals surface area contributed by atoms with Crippen LogP contribution in [0, 0.1) is 6.92 Å². The highest BCUT2D eigenvalue weighted by Gasteiger charge is 2.28. The molecule has 0 radical (unpaired) electrons. The SMILES string of the molecule is Cc1ccccc1-c1ccccc1C1CCN(C(=O)OC(C)(C)C)CC1. The molecular weight excluding hydrogens is 322 g/mol. The Bertz CT molecular complexity index is 768. The van der Waals surface area contributed by atoms with Crippen molar-refractivity contribution in [3.63, 3.8) is 0 Å². The van der Waals surface area contributed by atoms with Gasteiger partial charge >= 0.3 is 6.09 Å². The molecule has 0 atom stereocenters. The zero-order valence-electron chi connectivity index (χ0n) is 16.3. The zero-order valence-corrected chi connectivity index (χ0v) is 16.3. The quantitative estimate of drug-likeness (QED) is 0.687. The lowest BCUT2D eigenvalue weighted by Gasteiger charge is -2.34. The minimum atomic E-state index is -0.439. The molecule has 1 amide bonds. The van der Waals surface area contributed by atoms with Gasteiger partial charge in [-0.25, -0.2) is 4.79 Å². The maximum absolute atomic E-state index is 12.3. The Labute approximate surface area is 157 Å². The first-order chi connectivity index (χ1) is 12.3. The predicted octanol–water partition coefficient (Wildman–Crippen LogP) is 5.78. The number of likely N-dealkylation sites (tertiary alicyclic amines) is 1. The van der Waals surface area contributed by atoms with E-state index in [-0.39, 0.29) is 6.09 Å². The number of hydrogen-bond donors (Lipinski definition) is 0. The summed E-state index contributed by atoms with van der Waals surface area (Å²) in [5.41, 5.74) is 4.88. The van der Waals surface area contributed by atoms with Crippen LogP contribution >= 0.6 is 0 Å². The lowest BCUT2D eigenvalue weighted by Crippen LogP contribution is -2.41. The second kappa shape index (κ2) is 7.53. The molecule has 1 aliphatic heterocycles. The summed E-state index contributed by atoms with van der Waals surface area (Å²) in [6.07, 6.45) is 1.76. The normalized spacial score (nSPS) is 15.8. The molecule has 0 aromatic heterocycles. The molecule has 2 aromatic rings. The Morgan fingerprint density at radius 1 is 0.962 bits per heavy atom. The minimum absolute atomic E-state index is 0.192. The number of carbonyl (C=O) groups is 1. The van der Waals surface area contributed by atoms with Crippen molar-refractivity contribution in [2.24, 2.45) is 0 Å². The number of amides is 1. The van der Waals surface area contributed by atoms with Gasteiger partial charge in [-0.15, -0.1) is 0 Å². The van der Waals surface area contributed by atoms with Crippen LogP contribution in [0.25, 0.3) is 11.1 Å². The summed E-state index contributed by atoms with van der Waals surface area (Å²) in [4.78, 5) is 14.1. The van der Waals surface area contributed by atoms with Crippen molar-refractivity contribution in [1.82, 2.24) is 4.90 Å². The summed E-state index contributed by atoms with van der Waals surface area (Å²) in [6, 6.07) is 17.2. The molecule has 1 aliphatic rings. The molecule has 1 saturated heterocycles. The van der Waals surface area contributed by atoms with Crippen molar-refractivity contribution in [3.8, 4) is 11.1 Å². The highest BCUT2D eigenvalue weighted by molar-refractivity contribution is 5.71. The van der Waals surface area contributed by atoms with Crippen molar-refractivity contribution >= 4 is 6.09 Å². The fourth-order valence-electron chi connectivity index (χ4n) is 3.67. The summed E-state index contributed by atoms with van der Waals surface area (Å²) < 4.78 is 5.51. The Balaban J connectivity index is 1.75. The largest absolute Gasteiger partial charge is 0.444 e. The molecule has 2 aromatic carbocycles. The lowest BCUT2D eigenvalue weighted by atomic mass is 9.84. The molecule has 0 bridgehead atoms. The van der Waals surface area contributed by atoms with Gasteiger partial charge in [-0.2, -0.15) is 0 Å². The first-order valence-electron chi connectivity index (χ1n) is 9.48. The van der Waals surface area contributed by atoms with E-state index >= 15 is 0 Å². The van der Waals surface area contributed by atoms with E-state index in [0.29, 0.717) is 5.92 Å². The van der Waals surface area contributed by atoms with Gasteiger partial charge in [-0.1, -0.05) is 48.5 Å². The van der Waals surface area contributed by atoms with E-state index in [4.69, 9.17) is 4.74 Å². The summed E-state index contributed by atoms with van der Waals surface area (Å²) >= 11 is 0. The maximum Gasteiger partial charge on any atom is 0.410 e. The van der Waals surface area contributed by atoms with Crippen LogP contribution in [0.2, 0.25) is 0 Å². The van der Waals surface area contributed by atoms with Crippen LogP contribution in [0.3, 0.4) is 0 Å². The van der Waals surface area contributed by atoms with Gasteiger partial charge in [-0.05, 0) is 68.7 Å². The van der Waals surface area contributed by atoms with Crippen molar-refractivity contribution in [2.45, 2.75) is 52.1 Å². The monoisotopic (exact) mass is 351 g/mol. The molecule has 0 aliphatic carbocycles. The van der Waals surface area contributed by atoms with Gasteiger partial charge in [0.15, 0.2) is 0 Å². The van der Waals surface area contributed by atoms with Gasteiger partial charge in [0.2, 0.25) is 0 Å². The third-order valence-corrected chi connectivity index (χ3v) is 4.98. The molecule has 3 nitrogen and oxygen atoms in total. The molecule has 0 saturated carbocycles. The molecular formula is C23H29NO2. The number of nitrogens with zero attached hydrogens (tertiary/aromatic N) is 1. The van der Waals surface area contributed by atoms with E-state index in [2.05, 4.69) is 55.5 Å². The Morgan fingerprint density at radius 3 is 2.15 bits per heavy atom. The van der Waals surface area contributed by atoms with Crippen LogP contribution in [0.15, 0.2) is 48.5 Å². The second-order valence-electron chi connectivity index (χ2n) is 8.14. The second-order valence-corrected chi connectivity index (χ2v) is 8.14. The van der Waals surface area contributed by atoms with Crippen molar-refractivity contribution in [3.05, 3.63) is 59.7 Å². The number of aryl methyl sites for hydroxylation is 1. The van der Waals surface area contributed by atoms with Gasteiger partial charge in [0.1, 0.15) is 5.60 Å². The van der Waals surface area contributed by atoms with E-state index in [1.54, 1.807) is 0 Å². The summed E-state index contributed by atoms with van der Waals surface area (Å²) in [5.74, 6) is 0.476. The van der Waals surface area contributed by atoms with E-state index in [1.165, 1.54) is 22.3 Å². The van der Waals surface area contributed by atoms with Crippen LogP contribution in [0.1, 0.15) is 50.7 Å². The number of rotatable bonds is 2. The standard InChI is InChI=1S/C23H29NO2/c1-17-9-5-6-10-19(17)21-12-8-7-11-20(21)18-13-15-24(16-14-18)22(25)26-23(2,3)4/h5-12,18H,13-16H2,1-4H3. The van der Waals surface area contributed by atoms with E-state index < -0.39 is 5.60 Å². The third-order valence-electron chi connectivity index (χ3n) is 4.98. The fraction of sp³-hybridized carbons (Fsp3) is 0.435. The van der Waals surface area contributed by atoms with Gasteiger partial charge in [0, 0.05) is 13.1 Å². The first-order valence-corrected chi connectivity index (χ1v) is 9.48. The Kier molecular flexibility index (Phi) is 5.36. The van der Waals surface area contributed by atoms with Gasteiger partial charge in [0.05, 0.1) is 0 Å². The van der Waals surface area contributed by atoms with Gasteiger partial charge in [-0.3, -0.25) is 0 Å².